The van der Waals surface area contributed by atoms with E-state index in [9.17, 15) is 9.59 Å². The van der Waals surface area contributed by atoms with Crippen molar-refractivity contribution in [3.05, 3.63) is 28.1 Å². The van der Waals surface area contributed by atoms with Gasteiger partial charge in [-0.2, -0.15) is 0 Å². The van der Waals surface area contributed by atoms with Gasteiger partial charge in [-0.25, -0.2) is 0 Å². The van der Waals surface area contributed by atoms with Crippen LogP contribution in [0.25, 0.3) is 10.1 Å². The Kier molecular flexibility index (Phi) is 6.51. The van der Waals surface area contributed by atoms with Gasteiger partial charge in [-0.1, -0.05) is 30.9 Å². The molecule has 3 rings (SSSR count). The van der Waals surface area contributed by atoms with Crippen LogP contribution in [0.5, 0.6) is 5.75 Å². The summed E-state index contributed by atoms with van der Waals surface area (Å²) in [4.78, 5) is 25.0. The van der Waals surface area contributed by atoms with Crippen molar-refractivity contribution in [2.45, 2.75) is 32.1 Å². The molecule has 3 N–H and O–H groups in total. The first-order chi connectivity index (χ1) is 13.0. The van der Waals surface area contributed by atoms with Gasteiger partial charge in [0.05, 0.1) is 12.1 Å². The third-order valence-electron chi connectivity index (χ3n) is 4.55. The van der Waals surface area contributed by atoms with Crippen LogP contribution in [0.3, 0.4) is 0 Å². The maximum Gasteiger partial charge on any atom is 0.269 e. The molecule has 27 heavy (non-hydrogen) atoms. The average molecular weight is 426 g/mol. The molecule has 0 spiro atoms. The second-order valence-electron chi connectivity index (χ2n) is 6.34. The first-order valence-corrected chi connectivity index (χ1v) is 10.3. The standard InChI is InChI=1S/C18H20ClN3O3S2/c1-25-11-7-8-12-13(9-11)27-15(14(12)19)17(24)20-18(26)22-21-16(23)10-5-3-2-4-6-10/h7-10H,2-6H2,1H3,(H,21,23)(H2,20,22,24,26). The van der Waals surface area contributed by atoms with Crippen molar-refractivity contribution in [3.63, 3.8) is 0 Å². The molecule has 0 radical (unpaired) electrons. The SMILES string of the molecule is COc1ccc2c(Cl)c(C(=O)NC(=S)NNC(=O)C3CCCCC3)sc2c1. The predicted octanol–water partition coefficient (Wildman–Crippen LogP) is 3.78. The number of nitrogens with one attached hydrogen (secondary N) is 3. The molecule has 0 unspecified atom stereocenters. The van der Waals surface area contributed by atoms with Crippen molar-refractivity contribution in [3.8, 4) is 5.75 Å². The number of amides is 2. The monoisotopic (exact) mass is 425 g/mol. The summed E-state index contributed by atoms with van der Waals surface area (Å²) in [6.45, 7) is 0. The molecule has 1 aliphatic carbocycles. The molecule has 1 aromatic heterocycles. The molecule has 0 aliphatic heterocycles. The van der Waals surface area contributed by atoms with Gasteiger partial charge in [-0.15, -0.1) is 11.3 Å². The summed E-state index contributed by atoms with van der Waals surface area (Å²) in [5.41, 5.74) is 5.17. The molecule has 1 aromatic carbocycles. The van der Waals surface area contributed by atoms with Gasteiger partial charge in [0.15, 0.2) is 5.11 Å². The molecule has 1 heterocycles. The van der Waals surface area contributed by atoms with Crippen molar-refractivity contribution in [2.75, 3.05) is 7.11 Å². The van der Waals surface area contributed by atoms with E-state index < -0.39 is 5.91 Å². The Morgan fingerprint density at radius 3 is 2.67 bits per heavy atom. The highest BCUT2D eigenvalue weighted by atomic mass is 35.5. The Morgan fingerprint density at radius 1 is 1.22 bits per heavy atom. The molecule has 9 heteroatoms. The zero-order valence-corrected chi connectivity index (χ0v) is 17.2. The Balaban J connectivity index is 1.59. The third-order valence-corrected chi connectivity index (χ3v) is 6.41. The fraction of sp³-hybridized carbons (Fsp3) is 0.389. The van der Waals surface area contributed by atoms with E-state index in [2.05, 4.69) is 16.2 Å². The number of carbonyl (C=O) groups excluding carboxylic acids is 2. The molecule has 1 fully saturated rings. The van der Waals surface area contributed by atoms with Crippen LogP contribution in [0.4, 0.5) is 0 Å². The molecule has 144 valence electrons. The van der Waals surface area contributed by atoms with Crippen LogP contribution in [0.2, 0.25) is 5.02 Å². The highest BCUT2D eigenvalue weighted by Gasteiger charge is 2.22. The summed E-state index contributed by atoms with van der Waals surface area (Å²) in [6, 6.07) is 5.42. The maximum absolute atomic E-state index is 12.5. The number of hydrazine groups is 1. The Hall–Kier alpha value is -1.90. The van der Waals surface area contributed by atoms with E-state index in [0.29, 0.717) is 15.6 Å². The van der Waals surface area contributed by atoms with Crippen molar-refractivity contribution in [1.29, 1.82) is 0 Å². The molecule has 2 amide bonds. The van der Waals surface area contributed by atoms with E-state index in [1.54, 1.807) is 13.2 Å². The summed E-state index contributed by atoms with van der Waals surface area (Å²) in [6.07, 6.45) is 5.07. The van der Waals surface area contributed by atoms with Crippen LogP contribution in [-0.4, -0.2) is 24.0 Å². The van der Waals surface area contributed by atoms with Crippen LogP contribution >= 0.6 is 35.2 Å². The first kappa shape index (κ1) is 19.9. The lowest BCUT2D eigenvalue weighted by molar-refractivity contribution is -0.126. The zero-order valence-electron chi connectivity index (χ0n) is 14.8. The lowest BCUT2D eigenvalue weighted by Gasteiger charge is -2.21. The number of thiocarbonyl (C=S) groups is 1. The van der Waals surface area contributed by atoms with E-state index in [-0.39, 0.29) is 16.9 Å². The normalized spacial score (nSPS) is 14.6. The van der Waals surface area contributed by atoms with Crippen LogP contribution in [-0.2, 0) is 4.79 Å². The Bertz CT molecular complexity index is 878. The summed E-state index contributed by atoms with van der Waals surface area (Å²) in [5, 5.41) is 3.71. The van der Waals surface area contributed by atoms with Crippen LogP contribution < -0.4 is 20.9 Å². The second-order valence-corrected chi connectivity index (χ2v) is 8.18. The highest BCUT2D eigenvalue weighted by molar-refractivity contribution is 7.80. The molecule has 1 aliphatic rings. The predicted molar refractivity (Wildman–Crippen MR) is 111 cm³/mol. The van der Waals surface area contributed by atoms with Gasteiger partial charge >= 0.3 is 0 Å². The van der Waals surface area contributed by atoms with E-state index in [1.165, 1.54) is 17.8 Å². The van der Waals surface area contributed by atoms with E-state index in [4.69, 9.17) is 28.6 Å². The smallest absolute Gasteiger partial charge is 0.269 e. The second kappa shape index (κ2) is 8.86. The van der Waals surface area contributed by atoms with Gasteiger partial charge in [0.25, 0.3) is 5.91 Å². The van der Waals surface area contributed by atoms with Crippen molar-refractivity contribution < 1.29 is 14.3 Å². The van der Waals surface area contributed by atoms with Gasteiger partial charge in [-0.3, -0.25) is 25.8 Å². The molecule has 0 saturated heterocycles. The number of hydrogen-bond donors (Lipinski definition) is 3. The summed E-state index contributed by atoms with van der Waals surface area (Å²) in [7, 11) is 1.58. The molecule has 0 atom stereocenters. The van der Waals surface area contributed by atoms with Gasteiger partial charge in [0.2, 0.25) is 5.91 Å². The number of ether oxygens (including phenoxy) is 1. The Labute approximate surface area is 171 Å². The lowest BCUT2D eigenvalue weighted by Crippen LogP contribution is -2.50. The molecular weight excluding hydrogens is 406 g/mol. The summed E-state index contributed by atoms with van der Waals surface area (Å²) < 4.78 is 6.03. The fourth-order valence-electron chi connectivity index (χ4n) is 3.09. The topological polar surface area (TPSA) is 79.5 Å². The first-order valence-electron chi connectivity index (χ1n) is 8.67. The van der Waals surface area contributed by atoms with Gasteiger partial charge in [0.1, 0.15) is 10.6 Å². The van der Waals surface area contributed by atoms with Gasteiger partial charge in [-0.05, 0) is 43.3 Å². The van der Waals surface area contributed by atoms with Crippen LogP contribution in [0.1, 0.15) is 41.8 Å². The van der Waals surface area contributed by atoms with E-state index in [1.807, 2.05) is 12.1 Å². The third kappa shape index (κ3) is 4.69. The molecule has 1 saturated carbocycles. The number of rotatable bonds is 3. The molecular formula is C18H20ClN3O3S2. The Morgan fingerprint density at radius 2 is 1.96 bits per heavy atom. The maximum atomic E-state index is 12.5. The number of halogens is 1. The van der Waals surface area contributed by atoms with Gasteiger partial charge in [0, 0.05) is 16.0 Å². The zero-order chi connectivity index (χ0) is 19.4. The largest absolute Gasteiger partial charge is 0.497 e. The summed E-state index contributed by atoms with van der Waals surface area (Å²) >= 11 is 12.7. The summed E-state index contributed by atoms with van der Waals surface area (Å²) in [5.74, 6) is 0.162. The lowest BCUT2D eigenvalue weighted by atomic mass is 9.89. The van der Waals surface area contributed by atoms with Crippen molar-refractivity contribution in [2.24, 2.45) is 5.92 Å². The van der Waals surface area contributed by atoms with Crippen LogP contribution in [0, 0.1) is 5.92 Å². The molecule has 0 bridgehead atoms. The molecule has 2 aromatic rings. The number of carbonyl (C=O) groups is 2. The van der Waals surface area contributed by atoms with Gasteiger partial charge < -0.3 is 4.74 Å². The average Bonchev–Trinajstić information content (AvgIpc) is 3.02. The van der Waals surface area contributed by atoms with Crippen molar-refractivity contribution >= 4 is 62.2 Å². The molecule has 6 nitrogen and oxygen atoms in total. The van der Waals surface area contributed by atoms with Crippen LogP contribution in [0.15, 0.2) is 18.2 Å². The highest BCUT2D eigenvalue weighted by Crippen LogP contribution is 2.37. The fourth-order valence-corrected chi connectivity index (χ4v) is 4.68. The minimum absolute atomic E-state index is 0.00299. The number of hydrogen-bond acceptors (Lipinski definition) is 5. The number of benzene rings is 1. The number of methoxy groups -OCH3 is 1. The van der Waals surface area contributed by atoms with Crippen molar-refractivity contribution in [1.82, 2.24) is 16.2 Å². The minimum Gasteiger partial charge on any atom is -0.497 e. The number of thiophene rings is 1. The minimum atomic E-state index is -0.426. The quantitative estimate of drug-likeness (QED) is 0.515. The number of fused-ring (bicyclic) bond motifs is 1. The van der Waals surface area contributed by atoms with E-state index in [0.717, 1.165) is 35.8 Å². The van der Waals surface area contributed by atoms with E-state index >= 15 is 0 Å².